The maximum absolute atomic E-state index is 11.7. The van der Waals surface area contributed by atoms with Gasteiger partial charge in [0.2, 0.25) is 0 Å². The van der Waals surface area contributed by atoms with Gasteiger partial charge in [0.1, 0.15) is 23.1 Å². The summed E-state index contributed by atoms with van der Waals surface area (Å²) in [5, 5.41) is 4.86. The van der Waals surface area contributed by atoms with Gasteiger partial charge in [0.05, 0.1) is 10.6 Å². The lowest BCUT2D eigenvalue weighted by atomic mass is 10.4. The molecule has 112 valence electrons. The summed E-state index contributed by atoms with van der Waals surface area (Å²) in [6, 6.07) is 7.65. The highest BCUT2D eigenvalue weighted by molar-refractivity contribution is 7.20. The first-order valence-electron chi connectivity index (χ1n) is 6.60. The van der Waals surface area contributed by atoms with Crippen LogP contribution in [-0.4, -0.2) is 11.0 Å². The molecule has 0 bridgehead atoms. The van der Waals surface area contributed by atoms with Crippen molar-refractivity contribution >= 4 is 34.7 Å². The van der Waals surface area contributed by atoms with Crippen molar-refractivity contribution in [3.05, 3.63) is 58.3 Å². The Hall–Kier alpha value is -2.18. The number of aromatic nitrogens is 1. The molecule has 3 aromatic rings. The molecule has 0 unspecified atom stereocenters. The van der Waals surface area contributed by atoms with Crippen molar-refractivity contribution in [1.29, 1.82) is 0 Å². The van der Waals surface area contributed by atoms with Crippen molar-refractivity contribution in [2.45, 2.75) is 13.5 Å². The number of thiazole rings is 1. The molecule has 0 amide bonds. The molecule has 0 aliphatic carbocycles. The van der Waals surface area contributed by atoms with Gasteiger partial charge < -0.3 is 9.15 Å². The second-order valence-corrected chi connectivity index (χ2v) is 6.32. The number of thiophene rings is 1. The number of furan rings is 1. The Morgan fingerprint density at radius 2 is 2.27 bits per heavy atom. The summed E-state index contributed by atoms with van der Waals surface area (Å²) in [6.07, 6.45) is 2.94. The molecular weight excluding hydrogens is 318 g/mol. The minimum atomic E-state index is -0.417. The molecule has 0 spiro atoms. The number of carbonyl (C=O) groups excluding carboxylic acids is 1. The van der Waals surface area contributed by atoms with E-state index in [9.17, 15) is 4.79 Å². The number of ether oxygens (including phenoxy) is 1. The van der Waals surface area contributed by atoms with Crippen LogP contribution >= 0.6 is 22.7 Å². The highest BCUT2D eigenvalue weighted by Crippen LogP contribution is 2.27. The van der Waals surface area contributed by atoms with E-state index in [1.807, 2.05) is 35.9 Å². The molecule has 0 radical (unpaired) electrons. The van der Waals surface area contributed by atoms with E-state index >= 15 is 0 Å². The zero-order valence-corrected chi connectivity index (χ0v) is 13.4. The molecule has 3 rings (SSSR count). The zero-order valence-electron chi connectivity index (χ0n) is 11.8. The molecule has 0 saturated carbocycles. The molecule has 6 heteroatoms. The summed E-state index contributed by atoms with van der Waals surface area (Å²) >= 11 is 3.19. The fourth-order valence-electron chi connectivity index (χ4n) is 1.77. The van der Waals surface area contributed by atoms with E-state index in [1.54, 1.807) is 34.8 Å². The van der Waals surface area contributed by atoms with E-state index in [4.69, 9.17) is 9.15 Å². The van der Waals surface area contributed by atoms with Crippen molar-refractivity contribution in [2.24, 2.45) is 0 Å². The lowest BCUT2D eigenvalue weighted by Crippen LogP contribution is -2.00. The van der Waals surface area contributed by atoms with Crippen molar-refractivity contribution < 1.29 is 13.9 Å². The van der Waals surface area contributed by atoms with Crippen LogP contribution in [0.1, 0.15) is 17.2 Å². The van der Waals surface area contributed by atoms with Crippen LogP contribution < -0.4 is 0 Å². The zero-order chi connectivity index (χ0) is 15.4. The topological polar surface area (TPSA) is 52.3 Å². The van der Waals surface area contributed by atoms with Crippen LogP contribution in [-0.2, 0) is 16.1 Å². The van der Waals surface area contributed by atoms with Gasteiger partial charge >= 0.3 is 5.97 Å². The van der Waals surface area contributed by atoms with Crippen LogP contribution in [0.5, 0.6) is 0 Å². The summed E-state index contributed by atoms with van der Waals surface area (Å²) in [4.78, 5) is 17.2. The number of hydrogen-bond acceptors (Lipinski definition) is 6. The predicted octanol–water partition coefficient (Wildman–Crippen LogP) is 4.53. The molecular formula is C16H13NO3S2. The SMILES string of the molecule is Cc1ccc(/C=C/C(=O)OCc2csc(-c3cccs3)n2)o1. The third-order valence-corrected chi connectivity index (χ3v) is 4.72. The maximum Gasteiger partial charge on any atom is 0.331 e. The first kappa shape index (κ1) is 14.7. The Labute approximate surface area is 135 Å². The van der Waals surface area contributed by atoms with Crippen LogP contribution in [0.4, 0.5) is 0 Å². The smallest absolute Gasteiger partial charge is 0.331 e. The first-order chi connectivity index (χ1) is 10.7. The lowest BCUT2D eigenvalue weighted by Gasteiger charge is -1.97. The molecule has 4 nitrogen and oxygen atoms in total. The van der Waals surface area contributed by atoms with E-state index in [0.717, 1.165) is 21.3 Å². The fraction of sp³-hybridized carbons (Fsp3) is 0.125. The third kappa shape index (κ3) is 3.72. The second kappa shape index (κ2) is 6.72. The predicted molar refractivity (Wildman–Crippen MR) is 87.7 cm³/mol. The van der Waals surface area contributed by atoms with Crippen LogP contribution in [0.15, 0.2) is 45.5 Å². The largest absolute Gasteiger partial charge is 0.462 e. The monoisotopic (exact) mass is 331 g/mol. The molecule has 3 aromatic heterocycles. The van der Waals surface area contributed by atoms with Crippen LogP contribution in [0.25, 0.3) is 16.0 Å². The molecule has 22 heavy (non-hydrogen) atoms. The Bertz CT molecular complexity index is 784. The first-order valence-corrected chi connectivity index (χ1v) is 8.36. The highest BCUT2D eigenvalue weighted by Gasteiger charge is 2.07. The Morgan fingerprint density at radius 1 is 1.36 bits per heavy atom. The summed E-state index contributed by atoms with van der Waals surface area (Å²) in [5.74, 6) is 1.01. The van der Waals surface area contributed by atoms with E-state index in [2.05, 4.69) is 4.98 Å². The van der Waals surface area contributed by atoms with E-state index in [1.165, 1.54) is 6.08 Å². The van der Waals surface area contributed by atoms with Crippen LogP contribution in [0, 0.1) is 6.92 Å². The van der Waals surface area contributed by atoms with Gasteiger partial charge in [-0.2, -0.15) is 0 Å². The van der Waals surface area contributed by atoms with E-state index < -0.39 is 5.97 Å². The van der Waals surface area contributed by atoms with Crippen molar-refractivity contribution in [3.8, 4) is 9.88 Å². The van der Waals surface area contributed by atoms with Crippen molar-refractivity contribution in [3.63, 3.8) is 0 Å². The normalized spacial score (nSPS) is 11.1. The Morgan fingerprint density at radius 3 is 3.00 bits per heavy atom. The number of nitrogens with zero attached hydrogens (tertiary/aromatic N) is 1. The molecule has 0 N–H and O–H groups in total. The van der Waals surface area contributed by atoms with Gasteiger partial charge in [-0.25, -0.2) is 9.78 Å². The molecule has 0 aromatic carbocycles. The van der Waals surface area contributed by atoms with Gasteiger partial charge in [-0.05, 0) is 36.6 Å². The number of rotatable bonds is 5. The molecule has 0 saturated heterocycles. The lowest BCUT2D eigenvalue weighted by molar-refractivity contribution is -0.139. The van der Waals surface area contributed by atoms with Gasteiger partial charge in [-0.3, -0.25) is 0 Å². The average molecular weight is 331 g/mol. The molecule has 0 atom stereocenters. The van der Waals surface area contributed by atoms with Gasteiger partial charge in [0.25, 0.3) is 0 Å². The summed E-state index contributed by atoms with van der Waals surface area (Å²) < 4.78 is 10.5. The quantitative estimate of drug-likeness (QED) is 0.509. The molecule has 0 fully saturated rings. The summed E-state index contributed by atoms with van der Waals surface area (Å²) in [6.45, 7) is 2.02. The van der Waals surface area contributed by atoms with Gasteiger partial charge in [0, 0.05) is 11.5 Å². The van der Waals surface area contributed by atoms with Gasteiger partial charge in [-0.15, -0.1) is 22.7 Å². The average Bonchev–Trinajstić information content (AvgIpc) is 3.23. The molecule has 0 aliphatic rings. The van der Waals surface area contributed by atoms with Gasteiger partial charge in [-0.1, -0.05) is 6.07 Å². The number of aryl methyl sites for hydroxylation is 1. The van der Waals surface area contributed by atoms with Crippen molar-refractivity contribution in [2.75, 3.05) is 0 Å². The minimum Gasteiger partial charge on any atom is -0.462 e. The summed E-state index contributed by atoms with van der Waals surface area (Å²) in [5.41, 5.74) is 0.754. The third-order valence-electron chi connectivity index (χ3n) is 2.79. The second-order valence-electron chi connectivity index (χ2n) is 4.51. The van der Waals surface area contributed by atoms with E-state index in [0.29, 0.717) is 5.76 Å². The Kier molecular flexibility index (Phi) is 4.50. The highest BCUT2D eigenvalue weighted by atomic mass is 32.1. The number of hydrogen-bond donors (Lipinski definition) is 0. The number of esters is 1. The fourth-order valence-corrected chi connectivity index (χ4v) is 3.39. The van der Waals surface area contributed by atoms with Crippen molar-refractivity contribution in [1.82, 2.24) is 4.98 Å². The Balaban J connectivity index is 1.54. The van der Waals surface area contributed by atoms with Crippen LogP contribution in [0.2, 0.25) is 0 Å². The molecule has 3 heterocycles. The van der Waals surface area contributed by atoms with Gasteiger partial charge in [0.15, 0.2) is 0 Å². The maximum atomic E-state index is 11.7. The summed E-state index contributed by atoms with van der Waals surface area (Å²) in [7, 11) is 0. The minimum absolute atomic E-state index is 0.169. The van der Waals surface area contributed by atoms with E-state index in [-0.39, 0.29) is 6.61 Å². The standard InChI is InChI=1S/C16H13NO3S2/c1-11-4-5-13(20-11)6-7-15(18)19-9-12-10-22-16(17-12)14-3-2-8-21-14/h2-8,10H,9H2,1H3/b7-6+. The number of carbonyl (C=O) groups is 1. The van der Waals surface area contributed by atoms with Crippen LogP contribution in [0.3, 0.4) is 0 Å². The molecule has 0 aliphatic heterocycles.